The number of rotatable bonds is 6. The number of aryl methyl sites for hydroxylation is 1. The predicted molar refractivity (Wildman–Crippen MR) is 109 cm³/mol. The lowest BCUT2D eigenvalue weighted by molar-refractivity contribution is 0.0950. The molecule has 1 amide bonds. The van der Waals surface area contributed by atoms with E-state index in [2.05, 4.69) is 39.6 Å². The van der Waals surface area contributed by atoms with Crippen LogP contribution in [0.2, 0.25) is 0 Å². The molecule has 0 aliphatic carbocycles. The third-order valence-corrected chi connectivity index (χ3v) is 5.22. The summed E-state index contributed by atoms with van der Waals surface area (Å²) in [5.41, 5.74) is 4.34. The first-order valence-electron chi connectivity index (χ1n) is 9.81. The Morgan fingerprint density at radius 1 is 1.04 bits per heavy atom. The van der Waals surface area contributed by atoms with Crippen LogP contribution in [0.25, 0.3) is 11.3 Å². The van der Waals surface area contributed by atoms with Crippen LogP contribution in [0.1, 0.15) is 40.1 Å². The molecule has 1 fully saturated rings. The van der Waals surface area contributed by atoms with Crippen LogP contribution >= 0.6 is 0 Å². The fraction of sp³-hybridized carbons (Fsp3) is 0.304. The molecule has 1 aromatic heterocycles. The molecule has 3 aromatic rings. The van der Waals surface area contributed by atoms with Crippen molar-refractivity contribution in [2.45, 2.75) is 32.9 Å². The van der Waals surface area contributed by atoms with Crippen LogP contribution in [0.4, 0.5) is 0 Å². The quantitative estimate of drug-likeness (QED) is 0.702. The topological polar surface area (TPSA) is 58.4 Å². The largest absolute Gasteiger partial charge is 0.360 e. The van der Waals surface area contributed by atoms with Crippen molar-refractivity contribution < 1.29 is 9.32 Å². The van der Waals surface area contributed by atoms with Gasteiger partial charge in [0.2, 0.25) is 0 Å². The number of likely N-dealkylation sites (tertiary alicyclic amines) is 1. The number of benzene rings is 2. The molecule has 1 aliphatic heterocycles. The van der Waals surface area contributed by atoms with Gasteiger partial charge in [-0.3, -0.25) is 9.69 Å². The summed E-state index contributed by atoms with van der Waals surface area (Å²) in [4.78, 5) is 15.3. The van der Waals surface area contributed by atoms with E-state index in [0.717, 1.165) is 17.7 Å². The van der Waals surface area contributed by atoms with Crippen molar-refractivity contribution >= 4 is 5.91 Å². The van der Waals surface area contributed by atoms with Crippen LogP contribution in [0.5, 0.6) is 0 Å². The normalized spacial score (nSPS) is 14.3. The Bertz CT molecular complexity index is 926. The van der Waals surface area contributed by atoms with E-state index in [1.165, 1.54) is 31.5 Å². The van der Waals surface area contributed by atoms with Gasteiger partial charge in [-0.25, -0.2) is 0 Å². The van der Waals surface area contributed by atoms with Crippen LogP contribution in [0, 0.1) is 6.92 Å². The summed E-state index contributed by atoms with van der Waals surface area (Å²) in [5, 5.41) is 7.08. The van der Waals surface area contributed by atoms with E-state index >= 15 is 0 Å². The first-order valence-corrected chi connectivity index (χ1v) is 9.81. The van der Waals surface area contributed by atoms with Crippen molar-refractivity contribution in [2.75, 3.05) is 13.1 Å². The zero-order valence-electron chi connectivity index (χ0n) is 16.1. The van der Waals surface area contributed by atoms with E-state index in [9.17, 15) is 4.79 Å². The Morgan fingerprint density at radius 2 is 1.71 bits per heavy atom. The van der Waals surface area contributed by atoms with Crippen LogP contribution in [-0.2, 0) is 13.1 Å². The van der Waals surface area contributed by atoms with Crippen LogP contribution < -0.4 is 5.32 Å². The van der Waals surface area contributed by atoms with Gasteiger partial charge in [-0.15, -0.1) is 0 Å². The monoisotopic (exact) mass is 375 g/mol. The second-order valence-electron chi connectivity index (χ2n) is 7.31. The molecule has 5 heteroatoms. The molecule has 2 aromatic carbocycles. The summed E-state index contributed by atoms with van der Waals surface area (Å²) in [6.07, 6.45) is 2.61. The van der Waals surface area contributed by atoms with E-state index in [1.54, 1.807) is 6.92 Å². The van der Waals surface area contributed by atoms with Gasteiger partial charge in [-0.2, -0.15) is 0 Å². The maximum absolute atomic E-state index is 12.8. The molecule has 0 radical (unpaired) electrons. The smallest absolute Gasteiger partial charge is 0.257 e. The summed E-state index contributed by atoms with van der Waals surface area (Å²) < 4.78 is 5.29. The number of nitrogens with zero attached hydrogens (tertiary/aromatic N) is 2. The third kappa shape index (κ3) is 4.15. The number of amides is 1. The summed E-state index contributed by atoms with van der Waals surface area (Å²) >= 11 is 0. The van der Waals surface area contributed by atoms with E-state index in [1.807, 2.05) is 30.3 Å². The van der Waals surface area contributed by atoms with E-state index in [0.29, 0.717) is 23.6 Å². The molecule has 0 saturated carbocycles. The van der Waals surface area contributed by atoms with Gasteiger partial charge in [-0.1, -0.05) is 59.8 Å². The molecule has 1 saturated heterocycles. The molecule has 0 atom stereocenters. The number of carbonyl (C=O) groups is 1. The minimum atomic E-state index is -0.168. The molecule has 0 bridgehead atoms. The van der Waals surface area contributed by atoms with Gasteiger partial charge < -0.3 is 9.84 Å². The van der Waals surface area contributed by atoms with E-state index in [4.69, 9.17) is 4.52 Å². The fourth-order valence-corrected chi connectivity index (χ4v) is 3.66. The number of hydrogen-bond acceptors (Lipinski definition) is 4. The summed E-state index contributed by atoms with van der Waals surface area (Å²) in [6, 6.07) is 18.1. The molecular weight excluding hydrogens is 350 g/mol. The highest BCUT2D eigenvalue weighted by atomic mass is 16.5. The molecule has 1 N–H and O–H groups in total. The Kier molecular flexibility index (Phi) is 5.53. The van der Waals surface area contributed by atoms with Crippen LogP contribution in [0.3, 0.4) is 0 Å². The van der Waals surface area contributed by atoms with Crippen molar-refractivity contribution in [3.63, 3.8) is 0 Å². The minimum absolute atomic E-state index is 0.168. The lowest BCUT2D eigenvalue weighted by Gasteiger charge is -2.14. The van der Waals surface area contributed by atoms with Gasteiger partial charge in [0.1, 0.15) is 17.0 Å². The molecule has 1 aliphatic rings. The molecule has 0 unspecified atom stereocenters. The van der Waals surface area contributed by atoms with Crippen molar-refractivity contribution in [1.29, 1.82) is 0 Å². The summed E-state index contributed by atoms with van der Waals surface area (Å²) in [5.74, 6) is 0.357. The summed E-state index contributed by atoms with van der Waals surface area (Å²) in [7, 11) is 0. The third-order valence-electron chi connectivity index (χ3n) is 5.22. The van der Waals surface area contributed by atoms with E-state index in [-0.39, 0.29) is 5.91 Å². The fourth-order valence-electron chi connectivity index (χ4n) is 3.66. The van der Waals surface area contributed by atoms with E-state index < -0.39 is 0 Å². The van der Waals surface area contributed by atoms with Crippen molar-refractivity contribution in [2.24, 2.45) is 0 Å². The standard InChI is InChI=1S/C23H25N3O2/c1-17-21(22(25-28-17)20-7-3-2-4-8-20)23(27)24-15-18-9-11-19(12-10-18)16-26-13-5-6-14-26/h2-4,7-12H,5-6,13-16H2,1H3,(H,24,27). The maximum atomic E-state index is 12.8. The van der Waals surface area contributed by atoms with Crippen LogP contribution in [0.15, 0.2) is 59.1 Å². The number of hydrogen-bond donors (Lipinski definition) is 1. The Morgan fingerprint density at radius 3 is 2.43 bits per heavy atom. The van der Waals surface area contributed by atoms with Crippen molar-refractivity contribution in [3.05, 3.63) is 77.0 Å². The Balaban J connectivity index is 1.40. The highest BCUT2D eigenvalue weighted by Gasteiger charge is 2.21. The molecular formula is C23H25N3O2. The van der Waals surface area contributed by atoms with Gasteiger partial charge >= 0.3 is 0 Å². The maximum Gasteiger partial charge on any atom is 0.257 e. The Labute approximate surface area is 165 Å². The first kappa shape index (κ1) is 18.4. The van der Waals surface area contributed by atoms with Gasteiger partial charge in [0.25, 0.3) is 5.91 Å². The van der Waals surface area contributed by atoms with Crippen LogP contribution in [-0.4, -0.2) is 29.1 Å². The van der Waals surface area contributed by atoms with Crippen molar-refractivity contribution in [1.82, 2.24) is 15.4 Å². The second-order valence-corrected chi connectivity index (χ2v) is 7.31. The zero-order chi connectivity index (χ0) is 19.3. The highest BCUT2D eigenvalue weighted by Crippen LogP contribution is 2.25. The molecule has 5 nitrogen and oxygen atoms in total. The van der Waals surface area contributed by atoms with Gasteiger partial charge in [-0.05, 0) is 44.0 Å². The Hall–Kier alpha value is -2.92. The lowest BCUT2D eigenvalue weighted by Crippen LogP contribution is -2.23. The molecule has 0 spiro atoms. The molecule has 4 rings (SSSR count). The number of carbonyl (C=O) groups excluding carboxylic acids is 1. The minimum Gasteiger partial charge on any atom is -0.360 e. The van der Waals surface area contributed by atoms with Gasteiger partial charge in [0, 0.05) is 18.7 Å². The first-order chi connectivity index (χ1) is 13.7. The van der Waals surface area contributed by atoms with Gasteiger partial charge in [0.15, 0.2) is 0 Å². The second kappa shape index (κ2) is 8.40. The lowest BCUT2D eigenvalue weighted by atomic mass is 10.1. The average molecular weight is 375 g/mol. The van der Waals surface area contributed by atoms with Crippen molar-refractivity contribution in [3.8, 4) is 11.3 Å². The number of aromatic nitrogens is 1. The highest BCUT2D eigenvalue weighted by molar-refractivity contribution is 6.00. The average Bonchev–Trinajstić information content (AvgIpc) is 3.37. The molecule has 28 heavy (non-hydrogen) atoms. The summed E-state index contributed by atoms with van der Waals surface area (Å²) in [6.45, 7) is 5.63. The SMILES string of the molecule is Cc1onc(-c2ccccc2)c1C(=O)NCc1ccc(CN2CCCC2)cc1. The molecule has 2 heterocycles. The predicted octanol–water partition coefficient (Wildman–Crippen LogP) is 4.18. The van der Waals surface area contributed by atoms with Gasteiger partial charge in [0.05, 0.1) is 0 Å². The zero-order valence-corrected chi connectivity index (χ0v) is 16.1. The molecule has 144 valence electrons. The number of nitrogens with one attached hydrogen (secondary N) is 1.